The van der Waals surface area contributed by atoms with Crippen molar-refractivity contribution in [3.05, 3.63) is 0 Å². The van der Waals surface area contributed by atoms with Crippen LogP contribution in [0.4, 0.5) is 4.39 Å². The Hall–Kier alpha value is -0.110. The first-order valence-corrected chi connectivity index (χ1v) is 4.32. The molecule has 0 unspecified atom stereocenters. The zero-order valence-electron chi connectivity index (χ0n) is 7.60. The SMILES string of the molecule is C[C@H]1CC(C)(C)C[C@@H](F)[C@@H]1N. The lowest BCUT2D eigenvalue weighted by atomic mass is 9.70. The van der Waals surface area contributed by atoms with Crippen LogP contribution in [0.3, 0.4) is 0 Å². The maximum atomic E-state index is 13.2. The Bertz CT molecular complexity index is 130. The zero-order valence-corrected chi connectivity index (χ0v) is 7.60. The first kappa shape index (κ1) is 8.98. The monoisotopic (exact) mass is 159 g/mol. The van der Waals surface area contributed by atoms with E-state index in [0.717, 1.165) is 6.42 Å². The molecule has 1 rings (SSSR count). The van der Waals surface area contributed by atoms with Crippen LogP contribution >= 0.6 is 0 Å². The summed E-state index contributed by atoms with van der Waals surface area (Å²) < 4.78 is 13.2. The summed E-state index contributed by atoms with van der Waals surface area (Å²) in [6, 6.07) is -0.233. The quantitative estimate of drug-likeness (QED) is 0.575. The molecule has 1 nitrogen and oxygen atoms in total. The first-order chi connectivity index (χ1) is 4.92. The summed E-state index contributed by atoms with van der Waals surface area (Å²) in [5.41, 5.74) is 5.82. The average molecular weight is 159 g/mol. The van der Waals surface area contributed by atoms with Gasteiger partial charge in [0.25, 0.3) is 0 Å². The Morgan fingerprint density at radius 1 is 1.36 bits per heavy atom. The Morgan fingerprint density at radius 3 is 2.36 bits per heavy atom. The third-order valence-electron chi connectivity index (χ3n) is 2.70. The molecule has 0 radical (unpaired) electrons. The number of hydrogen-bond acceptors (Lipinski definition) is 1. The zero-order chi connectivity index (χ0) is 8.65. The van der Waals surface area contributed by atoms with Crippen LogP contribution in [0.15, 0.2) is 0 Å². The highest BCUT2D eigenvalue weighted by atomic mass is 19.1. The van der Waals surface area contributed by atoms with E-state index in [-0.39, 0.29) is 11.5 Å². The molecular formula is C9H18FN. The topological polar surface area (TPSA) is 26.0 Å². The van der Waals surface area contributed by atoms with E-state index in [1.807, 2.05) is 6.92 Å². The molecule has 0 heterocycles. The Balaban J connectivity index is 2.62. The third-order valence-corrected chi connectivity index (χ3v) is 2.70. The van der Waals surface area contributed by atoms with Gasteiger partial charge in [0, 0.05) is 6.04 Å². The standard InChI is InChI=1S/C9H18FN/c1-6-4-9(2,3)5-7(10)8(6)11/h6-8H,4-5,11H2,1-3H3/t6-,7+,8+/m0/s1. The van der Waals surface area contributed by atoms with Gasteiger partial charge in [0.05, 0.1) is 0 Å². The fourth-order valence-electron chi connectivity index (χ4n) is 2.11. The molecule has 1 aliphatic carbocycles. The van der Waals surface area contributed by atoms with Gasteiger partial charge in [-0.1, -0.05) is 20.8 Å². The number of nitrogens with two attached hydrogens (primary N) is 1. The molecule has 66 valence electrons. The minimum atomic E-state index is -0.797. The van der Waals surface area contributed by atoms with Gasteiger partial charge in [0.1, 0.15) is 6.17 Å². The molecule has 0 aliphatic heterocycles. The van der Waals surface area contributed by atoms with Gasteiger partial charge >= 0.3 is 0 Å². The maximum absolute atomic E-state index is 13.2. The van der Waals surface area contributed by atoms with Crippen LogP contribution in [-0.4, -0.2) is 12.2 Å². The Kier molecular flexibility index (Phi) is 2.24. The van der Waals surface area contributed by atoms with Crippen LogP contribution in [0.2, 0.25) is 0 Å². The largest absolute Gasteiger partial charge is 0.325 e. The first-order valence-electron chi connectivity index (χ1n) is 4.32. The Labute approximate surface area is 68.2 Å². The molecule has 0 saturated heterocycles. The van der Waals surface area contributed by atoms with Crippen LogP contribution in [0.25, 0.3) is 0 Å². The molecule has 2 heteroatoms. The van der Waals surface area contributed by atoms with E-state index in [0.29, 0.717) is 12.3 Å². The molecule has 1 saturated carbocycles. The van der Waals surface area contributed by atoms with Crippen molar-refractivity contribution in [3.63, 3.8) is 0 Å². The van der Waals surface area contributed by atoms with E-state index in [9.17, 15) is 4.39 Å². The summed E-state index contributed by atoms with van der Waals surface area (Å²) in [5, 5.41) is 0. The second kappa shape index (κ2) is 2.74. The molecular weight excluding hydrogens is 141 g/mol. The number of hydrogen-bond donors (Lipinski definition) is 1. The fraction of sp³-hybridized carbons (Fsp3) is 1.00. The molecule has 2 N–H and O–H groups in total. The molecule has 3 atom stereocenters. The van der Waals surface area contributed by atoms with Crippen molar-refractivity contribution in [1.82, 2.24) is 0 Å². The summed E-state index contributed by atoms with van der Waals surface area (Å²) in [4.78, 5) is 0. The summed E-state index contributed by atoms with van der Waals surface area (Å²) in [5.74, 6) is 0.328. The van der Waals surface area contributed by atoms with Crippen LogP contribution in [0.5, 0.6) is 0 Å². The predicted molar refractivity (Wildman–Crippen MR) is 45.1 cm³/mol. The molecule has 0 amide bonds. The molecule has 11 heavy (non-hydrogen) atoms. The normalized spacial score (nSPS) is 43.9. The maximum Gasteiger partial charge on any atom is 0.116 e. The van der Waals surface area contributed by atoms with Crippen LogP contribution < -0.4 is 5.73 Å². The van der Waals surface area contributed by atoms with Crippen LogP contribution in [0, 0.1) is 11.3 Å². The second-order valence-electron chi connectivity index (χ2n) is 4.64. The summed E-state index contributed by atoms with van der Waals surface area (Å²) in [6.45, 7) is 6.27. The van der Waals surface area contributed by atoms with E-state index in [1.54, 1.807) is 0 Å². The summed E-state index contributed by atoms with van der Waals surface area (Å²) >= 11 is 0. The lowest BCUT2D eigenvalue weighted by molar-refractivity contribution is 0.0782. The summed E-state index contributed by atoms with van der Waals surface area (Å²) in [7, 11) is 0. The summed E-state index contributed by atoms with van der Waals surface area (Å²) in [6.07, 6.45) is 0.876. The van der Waals surface area contributed by atoms with Crippen molar-refractivity contribution >= 4 is 0 Å². The number of rotatable bonds is 0. The fourth-order valence-corrected chi connectivity index (χ4v) is 2.11. The van der Waals surface area contributed by atoms with Crippen molar-refractivity contribution in [3.8, 4) is 0 Å². The molecule has 0 bridgehead atoms. The van der Waals surface area contributed by atoms with Crippen molar-refractivity contribution in [2.45, 2.75) is 45.8 Å². The highest BCUT2D eigenvalue weighted by Crippen LogP contribution is 2.39. The van der Waals surface area contributed by atoms with Crippen molar-refractivity contribution in [2.24, 2.45) is 17.1 Å². The minimum Gasteiger partial charge on any atom is -0.325 e. The van der Waals surface area contributed by atoms with E-state index in [2.05, 4.69) is 13.8 Å². The smallest absolute Gasteiger partial charge is 0.116 e. The van der Waals surface area contributed by atoms with Gasteiger partial charge in [-0.3, -0.25) is 0 Å². The van der Waals surface area contributed by atoms with Gasteiger partial charge in [-0.15, -0.1) is 0 Å². The van der Waals surface area contributed by atoms with E-state index in [4.69, 9.17) is 5.73 Å². The molecule has 0 aromatic heterocycles. The highest BCUT2D eigenvalue weighted by molar-refractivity contribution is 4.90. The van der Waals surface area contributed by atoms with E-state index in [1.165, 1.54) is 0 Å². The predicted octanol–water partition coefficient (Wildman–Crippen LogP) is 2.11. The van der Waals surface area contributed by atoms with Crippen LogP contribution in [0.1, 0.15) is 33.6 Å². The molecule has 1 aliphatic rings. The van der Waals surface area contributed by atoms with Gasteiger partial charge in [0.15, 0.2) is 0 Å². The number of alkyl halides is 1. The second-order valence-corrected chi connectivity index (χ2v) is 4.64. The highest BCUT2D eigenvalue weighted by Gasteiger charge is 2.37. The van der Waals surface area contributed by atoms with E-state index >= 15 is 0 Å². The van der Waals surface area contributed by atoms with Crippen LogP contribution in [-0.2, 0) is 0 Å². The van der Waals surface area contributed by atoms with Gasteiger partial charge in [-0.2, -0.15) is 0 Å². The average Bonchev–Trinajstić information content (AvgIpc) is 1.81. The van der Waals surface area contributed by atoms with Gasteiger partial charge in [-0.25, -0.2) is 4.39 Å². The van der Waals surface area contributed by atoms with Crippen molar-refractivity contribution < 1.29 is 4.39 Å². The number of halogens is 1. The Morgan fingerprint density at radius 2 is 1.91 bits per heavy atom. The lowest BCUT2D eigenvalue weighted by Gasteiger charge is -2.39. The van der Waals surface area contributed by atoms with Crippen molar-refractivity contribution in [2.75, 3.05) is 0 Å². The molecule has 0 aromatic carbocycles. The minimum absolute atomic E-state index is 0.148. The van der Waals surface area contributed by atoms with Gasteiger partial charge in [0.2, 0.25) is 0 Å². The van der Waals surface area contributed by atoms with Gasteiger partial charge < -0.3 is 5.73 Å². The van der Waals surface area contributed by atoms with E-state index < -0.39 is 6.17 Å². The van der Waals surface area contributed by atoms with Crippen molar-refractivity contribution in [1.29, 1.82) is 0 Å². The van der Waals surface area contributed by atoms with Gasteiger partial charge in [-0.05, 0) is 24.2 Å². The third kappa shape index (κ3) is 1.92. The molecule has 1 fully saturated rings. The molecule has 0 spiro atoms. The lowest BCUT2D eigenvalue weighted by Crippen LogP contribution is -2.46. The molecule has 0 aromatic rings.